The van der Waals surface area contributed by atoms with E-state index in [1.165, 1.54) is 12.3 Å². The number of aromatic amines is 1. The topological polar surface area (TPSA) is 135 Å². The summed E-state index contributed by atoms with van der Waals surface area (Å²) in [4.78, 5) is 38.9. The van der Waals surface area contributed by atoms with Crippen molar-refractivity contribution in [1.82, 2.24) is 15.0 Å². The van der Waals surface area contributed by atoms with Gasteiger partial charge < -0.3 is 24.1 Å². The third-order valence-electron chi connectivity index (χ3n) is 5.68. The predicted octanol–water partition coefficient (Wildman–Crippen LogP) is 3.37. The van der Waals surface area contributed by atoms with Crippen LogP contribution in [0.3, 0.4) is 0 Å². The number of carbonyl (C=O) groups excluding carboxylic acids is 2. The van der Waals surface area contributed by atoms with E-state index in [0.29, 0.717) is 33.2 Å². The summed E-state index contributed by atoms with van der Waals surface area (Å²) in [6, 6.07) is 10.2. The highest BCUT2D eigenvalue weighted by Crippen LogP contribution is 2.29. The Morgan fingerprint density at radius 1 is 1.20 bits per heavy atom. The van der Waals surface area contributed by atoms with Crippen LogP contribution in [0.1, 0.15) is 38.9 Å². The third-order valence-corrected chi connectivity index (χ3v) is 5.68. The highest BCUT2D eigenvalue weighted by molar-refractivity contribution is 6.08. The first-order valence-electron chi connectivity index (χ1n) is 10.9. The zero-order valence-electron chi connectivity index (χ0n) is 19.4. The summed E-state index contributed by atoms with van der Waals surface area (Å²) in [7, 11) is 1.86. The van der Waals surface area contributed by atoms with Crippen LogP contribution in [0.25, 0.3) is 21.8 Å². The number of carboxylic acid groups (broad SMARTS) is 1. The van der Waals surface area contributed by atoms with Crippen LogP contribution in [-0.2, 0) is 16.6 Å². The van der Waals surface area contributed by atoms with Crippen molar-refractivity contribution in [2.24, 2.45) is 12.1 Å². The maximum absolute atomic E-state index is 12.4. The fourth-order valence-corrected chi connectivity index (χ4v) is 3.92. The van der Waals surface area contributed by atoms with Crippen molar-refractivity contribution in [2.45, 2.75) is 13.8 Å². The highest BCUT2D eigenvalue weighted by atomic mass is 16.5. The summed E-state index contributed by atoms with van der Waals surface area (Å²) in [6.07, 6.45) is 3.04. The number of ether oxygens (including phenoxy) is 2. The van der Waals surface area contributed by atoms with Gasteiger partial charge in [0.1, 0.15) is 5.75 Å². The second-order valence-electron chi connectivity index (χ2n) is 7.78. The van der Waals surface area contributed by atoms with Crippen LogP contribution in [0.2, 0.25) is 0 Å². The molecular weight excluding hydrogens is 452 g/mol. The monoisotopic (exact) mass is 476 g/mol. The molecule has 0 unspecified atom stereocenters. The Bertz CT molecular complexity index is 1480. The average Bonchev–Trinajstić information content (AvgIpc) is 3.36. The van der Waals surface area contributed by atoms with Crippen LogP contribution in [0.4, 0.5) is 0 Å². The molecule has 10 heteroatoms. The summed E-state index contributed by atoms with van der Waals surface area (Å²) < 4.78 is 12.7. The van der Waals surface area contributed by atoms with Gasteiger partial charge in [-0.25, -0.2) is 15.0 Å². The van der Waals surface area contributed by atoms with Crippen LogP contribution in [0.15, 0.2) is 47.7 Å². The molecule has 0 fully saturated rings. The zero-order valence-corrected chi connectivity index (χ0v) is 19.4. The van der Waals surface area contributed by atoms with Gasteiger partial charge in [0, 0.05) is 40.8 Å². The minimum Gasteiger partial charge on any atom is -0.484 e. The van der Waals surface area contributed by atoms with Gasteiger partial charge in [0.25, 0.3) is 5.91 Å². The number of rotatable bonds is 8. The van der Waals surface area contributed by atoms with Gasteiger partial charge in [0.05, 0.1) is 29.5 Å². The number of hydrogen-bond donors (Lipinski definition) is 3. The minimum absolute atomic E-state index is 0.149. The van der Waals surface area contributed by atoms with E-state index in [0.717, 1.165) is 11.2 Å². The number of nitrogens with zero attached hydrogens (tertiary/aromatic N) is 2. The van der Waals surface area contributed by atoms with Crippen LogP contribution in [-0.4, -0.2) is 51.9 Å². The number of fused-ring (bicyclic) bond motifs is 2. The molecule has 0 aliphatic heterocycles. The molecule has 2 aromatic heterocycles. The molecule has 10 nitrogen and oxygen atoms in total. The van der Waals surface area contributed by atoms with Crippen molar-refractivity contribution < 1.29 is 29.0 Å². The SMILES string of the molecule is CCOC(=O)c1c(C)n(C)c2ccc(OCC(=O)N/N=C/c3c[nH]c4c(C(=O)O)cccc34)cc12. The second kappa shape index (κ2) is 9.72. The first kappa shape index (κ1) is 23.6. The van der Waals surface area contributed by atoms with Crippen molar-refractivity contribution >= 4 is 45.9 Å². The van der Waals surface area contributed by atoms with Crippen LogP contribution < -0.4 is 10.2 Å². The smallest absolute Gasteiger partial charge is 0.340 e. The quantitative estimate of drug-likeness (QED) is 0.203. The molecule has 0 aliphatic carbocycles. The lowest BCUT2D eigenvalue weighted by Gasteiger charge is -2.06. The van der Waals surface area contributed by atoms with Crippen LogP contribution in [0.5, 0.6) is 5.75 Å². The molecule has 0 saturated carbocycles. The summed E-state index contributed by atoms with van der Waals surface area (Å²) in [6.45, 7) is 3.57. The summed E-state index contributed by atoms with van der Waals surface area (Å²) in [5.74, 6) is -1.51. The van der Waals surface area contributed by atoms with E-state index in [-0.39, 0.29) is 18.8 Å². The van der Waals surface area contributed by atoms with Crippen molar-refractivity contribution in [3.63, 3.8) is 0 Å². The second-order valence-corrected chi connectivity index (χ2v) is 7.78. The van der Waals surface area contributed by atoms with Crippen molar-refractivity contribution in [3.8, 4) is 5.75 Å². The molecule has 35 heavy (non-hydrogen) atoms. The number of hydrogen-bond acceptors (Lipinski definition) is 6. The number of hydrazone groups is 1. The Morgan fingerprint density at radius 3 is 2.74 bits per heavy atom. The fourth-order valence-electron chi connectivity index (χ4n) is 3.92. The van der Waals surface area contributed by atoms with Crippen molar-refractivity contribution in [1.29, 1.82) is 0 Å². The Morgan fingerprint density at radius 2 is 2.00 bits per heavy atom. The molecule has 2 aromatic carbocycles. The van der Waals surface area contributed by atoms with E-state index in [1.54, 1.807) is 37.4 Å². The molecule has 180 valence electrons. The molecule has 4 rings (SSSR count). The number of aromatic nitrogens is 2. The van der Waals surface area contributed by atoms with Gasteiger partial charge in [-0.2, -0.15) is 5.10 Å². The lowest BCUT2D eigenvalue weighted by molar-refractivity contribution is -0.123. The van der Waals surface area contributed by atoms with E-state index in [1.807, 2.05) is 24.6 Å². The first-order valence-corrected chi connectivity index (χ1v) is 10.9. The summed E-state index contributed by atoms with van der Waals surface area (Å²) >= 11 is 0. The van der Waals surface area contributed by atoms with Gasteiger partial charge in [-0.15, -0.1) is 0 Å². The lowest BCUT2D eigenvalue weighted by atomic mass is 10.1. The normalized spacial score (nSPS) is 11.3. The highest BCUT2D eigenvalue weighted by Gasteiger charge is 2.20. The summed E-state index contributed by atoms with van der Waals surface area (Å²) in [5, 5.41) is 14.6. The first-order chi connectivity index (χ1) is 16.8. The van der Waals surface area contributed by atoms with Gasteiger partial charge in [-0.3, -0.25) is 4.79 Å². The van der Waals surface area contributed by atoms with E-state index >= 15 is 0 Å². The van der Waals surface area contributed by atoms with E-state index < -0.39 is 17.8 Å². The molecule has 3 N–H and O–H groups in total. The molecule has 0 atom stereocenters. The Kier molecular flexibility index (Phi) is 6.54. The molecule has 0 radical (unpaired) electrons. The number of aryl methyl sites for hydroxylation is 1. The molecule has 0 aliphatic rings. The molecule has 1 amide bonds. The number of carboxylic acids is 1. The summed E-state index contributed by atoms with van der Waals surface area (Å²) in [5.41, 5.74) is 5.72. The lowest BCUT2D eigenvalue weighted by Crippen LogP contribution is -2.24. The van der Waals surface area contributed by atoms with E-state index in [2.05, 4.69) is 15.5 Å². The van der Waals surface area contributed by atoms with E-state index in [4.69, 9.17) is 9.47 Å². The molecule has 0 saturated heterocycles. The zero-order chi connectivity index (χ0) is 25.1. The van der Waals surface area contributed by atoms with Gasteiger partial charge >= 0.3 is 11.9 Å². The van der Waals surface area contributed by atoms with Gasteiger partial charge in [-0.05, 0) is 38.1 Å². The Labute approximate surface area is 200 Å². The molecule has 0 bridgehead atoms. The van der Waals surface area contributed by atoms with Gasteiger partial charge in [0.2, 0.25) is 0 Å². The van der Waals surface area contributed by atoms with Crippen LogP contribution in [0, 0.1) is 6.92 Å². The molecular formula is C25H24N4O6. The number of esters is 1. The molecule has 4 aromatic rings. The number of nitrogens with one attached hydrogen (secondary N) is 2. The maximum atomic E-state index is 12.4. The maximum Gasteiger partial charge on any atom is 0.340 e. The third kappa shape index (κ3) is 4.58. The number of H-pyrrole nitrogens is 1. The Balaban J connectivity index is 1.43. The fraction of sp³-hybridized carbons (Fsp3) is 0.200. The number of amides is 1. The number of para-hydroxylation sites is 1. The number of aromatic carboxylic acids is 1. The predicted molar refractivity (Wildman–Crippen MR) is 130 cm³/mol. The number of benzene rings is 2. The standard InChI is InChI=1S/C25H24N4O6/c1-4-34-25(33)22-14(2)29(3)20-9-8-16(10-19(20)22)35-13-21(30)28-27-12-15-11-26-23-17(15)6-5-7-18(23)24(31)32/h5-12,26H,4,13H2,1-3H3,(H,28,30)(H,31,32)/b27-12+. The van der Waals surface area contributed by atoms with Gasteiger partial charge in [0.15, 0.2) is 6.61 Å². The Hall–Kier alpha value is -4.60. The van der Waals surface area contributed by atoms with Gasteiger partial charge in [-0.1, -0.05) is 12.1 Å². The van der Waals surface area contributed by atoms with Crippen LogP contribution >= 0.6 is 0 Å². The van der Waals surface area contributed by atoms with Crippen molar-refractivity contribution in [2.75, 3.05) is 13.2 Å². The molecule has 0 spiro atoms. The van der Waals surface area contributed by atoms with E-state index in [9.17, 15) is 19.5 Å². The average molecular weight is 476 g/mol. The number of carbonyl (C=O) groups is 3. The molecule has 2 heterocycles. The minimum atomic E-state index is -1.04. The largest absolute Gasteiger partial charge is 0.484 e. The van der Waals surface area contributed by atoms with Crippen molar-refractivity contribution in [3.05, 3.63) is 65.0 Å².